The van der Waals surface area contributed by atoms with E-state index in [0.717, 1.165) is 12.3 Å². The van der Waals surface area contributed by atoms with Crippen molar-refractivity contribution in [1.82, 2.24) is 0 Å². The summed E-state index contributed by atoms with van der Waals surface area (Å²) >= 11 is 0. The summed E-state index contributed by atoms with van der Waals surface area (Å²) < 4.78 is 0. The lowest BCUT2D eigenvalue weighted by atomic mass is 9.85. The summed E-state index contributed by atoms with van der Waals surface area (Å²) in [5, 5.41) is 2.67. The third-order valence-corrected chi connectivity index (χ3v) is 4.09. The second-order valence-corrected chi connectivity index (χ2v) is 5.69. The van der Waals surface area contributed by atoms with Crippen molar-refractivity contribution in [2.45, 2.75) is 34.1 Å². The molecule has 0 saturated carbocycles. The van der Waals surface area contributed by atoms with Crippen molar-refractivity contribution in [1.29, 1.82) is 0 Å². The van der Waals surface area contributed by atoms with Gasteiger partial charge in [-0.1, -0.05) is 88.4 Å². The predicted molar refractivity (Wildman–Crippen MR) is 95.4 cm³/mol. The Labute approximate surface area is 129 Å². The van der Waals surface area contributed by atoms with Crippen LogP contribution in [0.25, 0.3) is 16.3 Å². The van der Waals surface area contributed by atoms with Crippen molar-refractivity contribution >= 4 is 16.3 Å². The van der Waals surface area contributed by atoms with Crippen LogP contribution in [0.1, 0.15) is 39.7 Å². The fourth-order valence-electron chi connectivity index (χ4n) is 2.81. The normalized spacial score (nSPS) is 17.4. The SMILES string of the molecule is CC.CC(C)C1C=CC(c2cccc3ccccc23)=CC1. The van der Waals surface area contributed by atoms with Crippen LogP contribution in [0.5, 0.6) is 0 Å². The van der Waals surface area contributed by atoms with E-state index in [-0.39, 0.29) is 0 Å². The zero-order valence-electron chi connectivity index (χ0n) is 13.6. The van der Waals surface area contributed by atoms with Gasteiger partial charge in [-0.05, 0) is 40.2 Å². The lowest BCUT2D eigenvalue weighted by Gasteiger charge is -2.20. The summed E-state index contributed by atoms with van der Waals surface area (Å²) in [6.45, 7) is 8.59. The van der Waals surface area contributed by atoms with E-state index in [9.17, 15) is 0 Å². The molecular formula is C21H26. The molecule has 0 amide bonds. The molecule has 1 atom stereocenters. The molecule has 0 radical (unpaired) electrons. The molecule has 110 valence electrons. The maximum Gasteiger partial charge on any atom is -0.0106 e. The number of hydrogen-bond donors (Lipinski definition) is 0. The van der Waals surface area contributed by atoms with Gasteiger partial charge in [-0.15, -0.1) is 0 Å². The monoisotopic (exact) mass is 278 g/mol. The molecular weight excluding hydrogens is 252 g/mol. The van der Waals surface area contributed by atoms with Crippen LogP contribution in [-0.2, 0) is 0 Å². The molecule has 0 heterocycles. The van der Waals surface area contributed by atoms with E-state index in [0.29, 0.717) is 5.92 Å². The molecule has 0 aliphatic heterocycles. The average Bonchev–Trinajstić information content (AvgIpc) is 2.56. The molecule has 0 saturated heterocycles. The third-order valence-electron chi connectivity index (χ3n) is 4.09. The maximum absolute atomic E-state index is 2.40. The first-order valence-electron chi connectivity index (χ1n) is 8.12. The smallest absolute Gasteiger partial charge is 0.0106 e. The zero-order chi connectivity index (χ0) is 15.2. The van der Waals surface area contributed by atoms with Gasteiger partial charge in [0.15, 0.2) is 0 Å². The molecule has 1 aliphatic rings. The Morgan fingerprint density at radius 2 is 1.67 bits per heavy atom. The first-order chi connectivity index (χ1) is 10.3. The molecule has 2 aromatic carbocycles. The Bertz CT molecular complexity index is 639. The van der Waals surface area contributed by atoms with Crippen molar-refractivity contribution in [3.8, 4) is 0 Å². The first-order valence-corrected chi connectivity index (χ1v) is 8.12. The molecule has 1 unspecified atom stereocenters. The largest absolute Gasteiger partial charge is 0.0802 e. The van der Waals surface area contributed by atoms with Crippen molar-refractivity contribution in [2.24, 2.45) is 11.8 Å². The summed E-state index contributed by atoms with van der Waals surface area (Å²) in [7, 11) is 0. The van der Waals surface area contributed by atoms with Gasteiger partial charge in [0, 0.05) is 0 Å². The van der Waals surface area contributed by atoms with E-state index in [1.54, 1.807) is 0 Å². The van der Waals surface area contributed by atoms with Gasteiger partial charge in [-0.25, -0.2) is 0 Å². The number of allylic oxidation sites excluding steroid dienone is 4. The van der Waals surface area contributed by atoms with Gasteiger partial charge < -0.3 is 0 Å². The minimum atomic E-state index is 0.693. The van der Waals surface area contributed by atoms with Crippen molar-refractivity contribution < 1.29 is 0 Å². The van der Waals surface area contributed by atoms with Crippen LogP contribution in [0.4, 0.5) is 0 Å². The molecule has 2 aromatic rings. The highest BCUT2D eigenvalue weighted by atomic mass is 14.2. The van der Waals surface area contributed by atoms with Crippen LogP contribution in [0.3, 0.4) is 0 Å². The molecule has 0 heteroatoms. The fraction of sp³-hybridized carbons (Fsp3) is 0.333. The van der Waals surface area contributed by atoms with Gasteiger partial charge in [0.1, 0.15) is 0 Å². The van der Waals surface area contributed by atoms with Crippen molar-refractivity contribution in [2.75, 3.05) is 0 Å². The summed E-state index contributed by atoms with van der Waals surface area (Å²) in [4.78, 5) is 0. The van der Waals surface area contributed by atoms with E-state index in [1.807, 2.05) is 13.8 Å². The lowest BCUT2D eigenvalue weighted by Crippen LogP contribution is -2.07. The van der Waals surface area contributed by atoms with E-state index in [1.165, 1.54) is 21.9 Å². The molecule has 0 fully saturated rings. The molecule has 0 aromatic heterocycles. The van der Waals surface area contributed by atoms with Crippen LogP contribution in [0.2, 0.25) is 0 Å². The molecule has 21 heavy (non-hydrogen) atoms. The Hall–Kier alpha value is -1.82. The quantitative estimate of drug-likeness (QED) is 0.589. The van der Waals surface area contributed by atoms with Crippen LogP contribution in [-0.4, -0.2) is 0 Å². The Balaban J connectivity index is 0.000000774. The lowest BCUT2D eigenvalue weighted by molar-refractivity contribution is 0.468. The van der Waals surface area contributed by atoms with Gasteiger partial charge in [0.05, 0.1) is 0 Å². The van der Waals surface area contributed by atoms with E-state index in [2.05, 4.69) is 74.5 Å². The van der Waals surface area contributed by atoms with Crippen molar-refractivity contribution in [3.05, 3.63) is 66.3 Å². The standard InChI is InChI=1S/C19H20.C2H6/c1-14(2)15-10-12-17(13-11-15)19-9-5-7-16-6-3-4-8-18(16)19;1-2/h3-10,12-15H,11H2,1-2H3;1-2H3. The molecule has 0 bridgehead atoms. The van der Waals surface area contributed by atoms with Gasteiger partial charge in [-0.2, -0.15) is 0 Å². The Morgan fingerprint density at radius 1 is 0.952 bits per heavy atom. The number of fused-ring (bicyclic) bond motifs is 1. The predicted octanol–water partition coefficient (Wildman–Crippen LogP) is 6.48. The maximum atomic E-state index is 2.40. The average molecular weight is 278 g/mol. The van der Waals surface area contributed by atoms with E-state index in [4.69, 9.17) is 0 Å². The van der Waals surface area contributed by atoms with Gasteiger partial charge in [-0.3, -0.25) is 0 Å². The van der Waals surface area contributed by atoms with Crippen LogP contribution >= 0.6 is 0 Å². The molecule has 0 N–H and O–H groups in total. The highest BCUT2D eigenvalue weighted by Crippen LogP contribution is 2.31. The molecule has 3 rings (SSSR count). The minimum absolute atomic E-state index is 0.693. The fourth-order valence-corrected chi connectivity index (χ4v) is 2.81. The minimum Gasteiger partial charge on any atom is -0.0802 e. The third kappa shape index (κ3) is 3.44. The van der Waals surface area contributed by atoms with Crippen LogP contribution in [0, 0.1) is 11.8 Å². The molecule has 0 nitrogen and oxygen atoms in total. The van der Waals surface area contributed by atoms with Gasteiger partial charge in [0.2, 0.25) is 0 Å². The molecule has 1 aliphatic carbocycles. The second-order valence-electron chi connectivity index (χ2n) is 5.69. The van der Waals surface area contributed by atoms with E-state index >= 15 is 0 Å². The number of hydrogen-bond acceptors (Lipinski definition) is 0. The number of rotatable bonds is 2. The van der Waals surface area contributed by atoms with Crippen LogP contribution < -0.4 is 0 Å². The highest BCUT2D eigenvalue weighted by molar-refractivity contribution is 5.96. The summed E-state index contributed by atoms with van der Waals surface area (Å²) in [6.07, 6.45) is 8.23. The Morgan fingerprint density at radius 3 is 2.33 bits per heavy atom. The van der Waals surface area contributed by atoms with Crippen LogP contribution in [0.15, 0.2) is 60.7 Å². The van der Waals surface area contributed by atoms with Gasteiger partial charge in [0.25, 0.3) is 0 Å². The van der Waals surface area contributed by atoms with Gasteiger partial charge >= 0.3 is 0 Å². The summed E-state index contributed by atoms with van der Waals surface area (Å²) in [5.41, 5.74) is 2.73. The second kappa shape index (κ2) is 7.26. The first kappa shape index (κ1) is 15.6. The topological polar surface area (TPSA) is 0 Å². The zero-order valence-corrected chi connectivity index (χ0v) is 13.6. The Kier molecular flexibility index (Phi) is 5.38. The number of benzene rings is 2. The summed E-state index contributed by atoms with van der Waals surface area (Å²) in [5.74, 6) is 1.42. The van der Waals surface area contributed by atoms with E-state index < -0.39 is 0 Å². The molecule has 0 spiro atoms. The summed E-state index contributed by atoms with van der Waals surface area (Å²) in [6, 6.07) is 15.2. The highest BCUT2D eigenvalue weighted by Gasteiger charge is 2.13. The van der Waals surface area contributed by atoms with Crippen molar-refractivity contribution in [3.63, 3.8) is 0 Å².